The smallest absolute Gasteiger partial charge is 0.396 e. The first-order valence-electron chi connectivity index (χ1n) is 7.19. The third-order valence-corrected chi connectivity index (χ3v) is 4.83. The third-order valence-electron chi connectivity index (χ3n) is 3.69. The van der Waals surface area contributed by atoms with Gasteiger partial charge in [-0.2, -0.15) is 13.2 Å². The number of hydrogen-bond donors (Lipinski definition) is 3. The molecule has 3 N–H and O–H groups in total. The lowest BCUT2D eigenvalue weighted by Gasteiger charge is -2.16. The summed E-state index contributed by atoms with van der Waals surface area (Å²) >= 11 is 0.638. The number of aliphatic hydroxyl groups excluding tert-OH is 1. The Morgan fingerprint density at radius 2 is 2.09 bits per heavy atom. The molecule has 1 aliphatic rings. The Morgan fingerprint density at radius 1 is 1.39 bits per heavy atom. The lowest BCUT2D eigenvalue weighted by Crippen LogP contribution is -2.35. The molecule has 0 saturated heterocycles. The minimum Gasteiger partial charge on any atom is -0.396 e. The van der Waals surface area contributed by atoms with E-state index in [1.807, 2.05) is 0 Å². The third kappa shape index (κ3) is 5.62. The zero-order valence-electron chi connectivity index (χ0n) is 12.7. The molecule has 1 fully saturated rings. The molecule has 0 radical (unpaired) electrons. The zero-order chi connectivity index (χ0) is 17.1. The van der Waals surface area contributed by atoms with Crippen molar-refractivity contribution in [1.29, 1.82) is 0 Å². The normalized spacial score (nSPS) is 16.0. The minimum absolute atomic E-state index is 0.0183. The van der Waals surface area contributed by atoms with Crippen molar-refractivity contribution < 1.29 is 23.1 Å². The maximum absolute atomic E-state index is 12.4. The van der Waals surface area contributed by atoms with Crippen LogP contribution in [-0.4, -0.2) is 36.2 Å². The monoisotopic (exact) mass is 348 g/mol. The van der Waals surface area contributed by atoms with E-state index >= 15 is 0 Å². The van der Waals surface area contributed by atoms with Gasteiger partial charge in [-0.1, -0.05) is 6.07 Å². The van der Waals surface area contributed by atoms with Crippen molar-refractivity contribution >= 4 is 23.5 Å². The molecule has 8 heteroatoms. The van der Waals surface area contributed by atoms with Crippen molar-refractivity contribution in [3.63, 3.8) is 0 Å². The SMILES string of the molecule is Cc1ccc(SCC(F)(F)F)c(NC(=O)NCC2(CO)CC2)c1. The highest BCUT2D eigenvalue weighted by Gasteiger charge is 2.42. The van der Waals surface area contributed by atoms with Crippen LogP contribution in [0.4, 0.5) is 23.7 Å². The van der Waals surface area contributed by atoms with E-state index < -0.39 is 18.0 Å². The molecule has 2 rings (SSSR count). The van der Waals surface area contributed by atoms with Crippen LogP contribution in [0.25, 0.3) is 0 Å². The summed E-state index contributed by atoms with van der Waals surface area (Å²) in [7, 11) is 0. The highest BCUT2D eigenvalue weighted by atomic mass is 32.2. The van der Waals surface area contributed by atoms with E-state index in [1.165, 1.54) is 0 Å². The molecule has 0 unspecified atom stereocenters. The number of alkyl halides is 3. The summed E-state index contributed by atoms with van der Waals surface area (Å²) in [6.45, 7) is 2.17. The van der Waals surface area contributed by atoms with Crippen LogP contribution in [0, 0.1) is 12.3 Å². The molecule has 1 saturated carbocycles. The van der Waals surface area contributed by atoms with E-state index in [1.54, 1.807) is 25.1 Å². The highest BCUT2D eigenvalue weighted by Crippen LogP contribution is 2.44. The van der Waals surface area contributed by atoms with Crippen molar-refractivity contribution in [3.05, 3.63) is 23.8 Å². The van der Waals surface area contributed by atoms with Crippen LogP contribution >= 0.6 is 11.8 Å². The lowest BCUT2D eigenvalue weighted by atomic mass is 10.1. The first-order chi connectivity index (χ1) is 10.7. The minimum atomic E-state index is -4.27. The van der Waals surface area contributed by atoms with Crippen molar-refractivity contribution in [2.45, 2.75) is 30.8 Å². The van der Waals surface area contributed by atoms with E-state index in [2.05, 4.69) is 10.6 Å². The van der Waals surface area contributed by atoms with E-state index in [-0.39, 0.29) is 12.0 Å². The zero-order valence-corrected chi connectivity index (χ0v) is 13.5. The van der Waals surface area contributed by atoms with Gasteiger partial charge >= 0.3 is 12.2 Å². The molecule has 1 aromatic rings. The van der Waals surface area contributed by atoms with Gasteiger partial charge in [-0.15, -0.1) is 11.8 Å². The second-order valence-electron chi connectivity index (χ2n) is 5.87. The molecule has 1 aliphatic carbocycles. The van der Waals surface area contributed by atoms with Gasteiger partial charge in [0.1, 0.15) is 0 Å². The van der Waals surface area contributed by atoms with Gasteiger partial charge in [-0.05, 0) is 37.5 Å². The summed E-state index contributed by atoms with van der Waals surface area (Å²) in [5.74, 6) is -1.01. The number of carbonyl (C=O) groups excluding carboxylic acids is 1. The van der Waals surface area contributed by atoms with Crippen molar-refractivity contribution in [2.75, 3.05) is 24.2 Å². The number of halogens is 3. The fourth-order valence-corrected chi connectivity index (χ4v) is 2.78. The predicted molar refractivity (Wildman–Crippen MR) is 83.7 cm³/mol. The molecule has 1 aromatic carbocycles. The Balaban J connectivity index is 1.97. The van der Waals surface area contributed by atoms with Crippen molar-refractivity contribution in [3.8, 4) is 0 Å². The molecule has 0 aromatic heterocycles. The van der Waals surface area contributed by atoms with E-state index in [0.29, 0.717) is 28.9 Å². The Hall–Kier alpha value is -1.41. The summed E-state index contributed by atoms with van der Waals surface area (Å²) in [6.07, 6.45) is -2.55. The Morgan fingerprint density at radius 3 is 2.65 bits per heavy atom. The van der Waals surface area contributed by atoms with Gasteiger partial charge in [0.2, 0.25) is 0 Å². The maximum Gasteiger partial charge on any atom is 0.398 e. The molecular weight excluding hydrogens is 329 g/mol. The van der Waals surface area contributed by atoms with Gasteiger partial charge in [0.05, 0.1) is 18.0 Å². The number of amides is 2. The van der Waals surface area contributed by atoms with Crippen LogP contribution in [0.2, 0.25) is 0 Å². The first-order valence-corrected chi connectivity index (χ1v) is 8.18. The number of aliphatic hydroxyl groups is 1. The maximum atomic E-state index is 12.4. The molecular formula is C15H19F3N2O2S. The predicted octanol–water partition coefficient (Wildman–Crippen LogP) is 3.54. The Labute approximate surface area is 136 Å². The number of carbonyl (C=O) groups is 1. The van der Waals surface area contributed by atoms with Crippen LogP contribution in [-0.2, 0) is 0 Å². The van der Waals surface area contributed by atoms with Crippen LogP contribution in [0.15, 0.2) is 23.1 Å². The van der Waals surface area contributed by atoms with Gasteiger partial charge in [0.15, 0.2) is 0 Å². The second kappa shape index (κ2) is 7.00. The molecule has 0 heterocycles. The number of thioether (sulfide) groups is 1. The number of nitrogens with one attached hydrogen (secondary N) is 2. The number of hydrogen-bond acceptors (Lipinski definition) is 3. The van der Waals surface area contributed by atoms with Gasteiger partial charge < -0.3 is 15.7 Å². The van der Waals surface area contributed by atoms with Crippen LogP contribution in [0.5, 0.6) is 0 Å². The topological polar surface area (TPSA) is 61.4 Å². The van der Waals surface area contributed by atoms with E-state index in [0.717, 1.165) is 18.4 Å². The average molecular weight is 348 g/mol. The van der Waals surface area contributed by atoms with Crippen LogP contribution in [0.1, 0.15) is 18.4 Å². The number of aryl methyl sites for hydroxylation is 1. The number of rotatable bonds is 6. The average Bonchev–Trinajstić information content (AvgIpc) is 3.24. The number of urea groups is 1. The highest BCUT2D eigenvalue weighted by molar-refractivity contribution is 7.99. The van der Waals surface area contributed by atoms with Gasteiger partial charge in [-0.3, -0.25) is 0 Å². The van der Waals surface area contributed by atoms with Gasteiger partial charge in [-0.25, -0.2) is 4.79 Å². The van der Waals surface area contributed by atoms with Crippen LogP contribution in [0.3, 0.4) is 0 Å². The van der Waals surface area contributed by atoms with Gasteiger partial charge in [0, 0.05) is 16.9 Å². The Bertz CT molecular complexity index is 574. The molecule has 128 valence electrons. The first kappa shape index (κ1) is 17.9. The van der Waals surface area contributed by atoms with Crippen molar-refractivity contribution in [1.82, 2.24) is 5.32 Å². The summed E-state index contributed by atoms with van der Waals surface area (Å²) < 4.78 is 37.1. The fourth-order valence-electron chi connectivity index (χ4n) is 2.03. The molecule has 0 aliphatic heterocycles. The molecule has 2 amide bonds. The van der Waals surface area contributed by atoms with E-state index in [9.17, 15) is 23.1 Å². The second-order valence-corrected chi connectivity index (χ2v) is 6.89. The quantitative estimate of drug-likeness (QED) is 0.689. The summed E-state index contributed by atoms with van der Waals surface area (Å²) in [4.78, 5) is 12.3. The van der Waals surface area contributed by atoms with E-state index in [4.69, 9.17) is 0 Å². The summed E-state index contributed by atoms with van der Waals surface area (Å²) in [5.41, 5.74) is 0.967. The molecule has 0 spiro atoms. The summed E-state index contributed by atoms with van der Waals surface area (Å²) in [5, 5.41) is 14.5. The molecule has 23 heavy (non-hydrogen) atoms. The largest absolute Gasteiger partial charge is 0.398 e. The number of anilines is 1. The molecule has 0 bridgehead atoms. The van der Waals surface area contributed by atoms with Crippen molar-refractivity contribution in [2.24, 2.45) is 5.41 Å². The summed E-state index contributed by atoms with van der Waals surface area (Å²) in [6, 6.07) is 4.42. The Kier molecular flexibility index (Phi) is 5.46. The standard InChI is InChI=1S/C15H19F3N2O2S/c1-10-2-3-12(23-9-15(16,17)18)11(6-10)20-13(22)19-7-14(8-21)4-5-14/h2-3,6,21H,4-5,7-9H2,1H3,(H2,19,20,22). The lowest BCUT2D eigenvalue weighted by molar-refractivity contribution is -0.105. The molecule has 0 atom stereocenters. The van der Waals surface area contributed by atoms with Crippen LogP contribution < -0.4 is 10.6 Å². The fraction of sp³-hybridized carbons (Fsp3) is 0.533. The van der Waals surface area contributed by atoms with Gasteiger partial charge in [0.25, 0.3) is 0 Å². The number of benzene rings is 1. The molecule has 4 nitrogen and oxygen atoms in total.